The van der Waals surface area contributed by atoms with E-state index in [1.165, 1.54) is 11.1 Å². The van der Waals surface area contributed by atoms with Crippen molar-refractivity contribution in [3.63, 3.8) is 0 Å². The Labute approximate surface area is 113 Å². The van der Waals surface area contributed by atoms with Crippen molar-refractivity contribution in [3.05, 3.63) is 47.5 Å². The molecule has 4 nitrogen and oxygen atoms in total. The van der Waals surface area contributed by atoms with Gasteiger partial charge in [-0.1, -0.05) is 12.1 Å². The monoisotopic (exact) mass is 257 g/mol. The van der Waals surface area contributed by atoms with Crippen LogP contribution in [-0.4, -0.2) is 9.55 Å². The second-order valence-corrected chi connectivity index (χ2v) is 4.89. The highest BCUT2D eigenvalue weighted by atomic mass is 16.5. The fraction of sp³-hybridized carbons (Fsp3) is 0.400. The smallest absolute Gasteiger partial charge is 0.146 e. The maximum absolute atomic E-state index is 6.08. The second-order valence-electron chi connectivity index (χ2n) is 4.89. The van der Waals surface area contributed by atoms with Gasteiger partial charge in [-0.2, -0.15) is 0 Å². The van der Waals surface area contributed by atoms with E-state index in [1.54, 1.807) is 0 Å². The van der Waals surface area contributed by atoms with E-state index in [1.807, 2.05) is 24.5 Å². The zero-order valence-electron chi connectivity index (χ0n) is 11.2. The van der Waals surface area contributed by atoms with E-state index in [0.717, 1.165) is 31.0 Å². The number of fused-ring (bicyclic) bond motifs is 1. The van der Waals surface area contributed by atoms with Gasteiger partial charge < -0.3 is 15.0 Å². The molecular weight excluding hydrogens is 238 g/mol. The van der Waals surface area contributed by atoms with Gasteiger partial charge in [0.25, 0.3) is 0 Å². The molecule has 0 saturated heterocycles. The van der Waals surface area contributed by atoms with Crippen LogP contribution in [0.25, 0.3) is 0 Å². The van der Waals surface area contributed by atoms with Crippen molar-refractivity contribution in [1.29, 1.82) is 0 Å². The molecule has 19 heavy (non-hydrogen) atoms. The van der Waals surface area contributed by atoms with Gasteiger partial charge in [0.05, 0.1) is 0 Å². The molecular formula is C15H19N3O. The molecule has 0 saturated carbocycles. The molecule has 2 N–H and O–H groups in total. The number of nitrogens with zero attached hydrogens (tertiary/aromatic N) is 2. The van der Waals surface area contributed by atoms with Gasteiger partial charge in [-0.05, 0) is 37.0 Å². The van der Waals surface area contributed by atoms with E-state index >= 15 is 0 Å². The minimum Gasteiger partial charge on any atom is -0.485 e. The molecule has 1 aromatic heterocycles. The van der Waals surface area contributed by atoms with Gasteiger partial charge in [0.1, 0.15) is 18.2 Å². The minimum absolute atomic E-state index is 0.163. The zero-order chi connectivity index (χ0) is 13.2. The number of ether oxygens (including phenoxy) is 1. The first kappa shape index (κ1) is 12.2. The SMILES string of the molecule is CCn1ccnc1COc1cccc2c1CCC2N. The predicted octanol–water partition coefficient (Wildman–Crippen LogP) is 2.43. The summed E-state index contributed by atoms with van der Waals surface area (Å²) in [6.45, 7) is 3.52. The number of rotatable bonds is 4. The summed E-state index contributed by atoms with van der Waals surface area (Å²) in [5.74, 6) is 1.92. The van der Waals surface area contributed by atoms with Gasteiger partial charge >= 0.3 is 0 Å². The molecule has 1 heterocycles. The predicted molar refractivity (Wildman–Crippen MR) is 73.9 cm³/mol. The van der Waals surface area contributed by atoms with Crippen LogP contribution in [0.15, 0.2) is 30.6 Å². The number of benzene rings is 1. The summed E-state index contributed by atoms with van der Waals surface area (Å²) in [7, 11) is 0. The Morgan fingerprint density at radius 1 is 1.47 bits per heavy atom. The van der Waals surface area contributed by atoms with Gasteiger partial charge in [0, 0.05) is 25.0 Å². The highest BCUT2D eigenvalue weighted by molar-refractivity contribution is 5.44. The van der Waals surface area contributed by atoms with Crippen molar-refractivity contribution in [2.45, 2.75) is 39.0 Å². The molecule has 1 atom stereocenters. The molecule has 0 fully saturated rings. The molecule has 0 bridgehead atoms. The summed E-state index contributed by atoms with van der Waals surface area (Å²) in [5.41, 5.74) is 8.58. The highest BCUT2D eigenvalue weighted by Gasteiger charge is 2.22. The third-order valence-electron chi connectivity index (χ3n) is 3.77. The summed E-state index contributed by atoms with van der Waals surface area (Å²) in [6, 6.07) is 6.31. The average Bonchev–Trinajstić information content (AvgIpc) is 3.03. The maximum atomic E-state index is 6.08. The fourth-order valence-electron chi connectivity index (χ4n) is 2.70. The molecule has 1 aliphatic rings. The van der Waals surface area contributed by atoms with Crippen molar-refractivity contribution in [2.75, 3.05) is 0 Å². The van der Waals surface area contributed by atoms with Crippen LogP contribution in [0.1, 0.15) is 36.3 Å². The molecule has 0 amide bonds. The van der Waals surface area contributed by atoms with Crippen molar-refractivity contribution >= 4 is 0 Å². The summed E-state index contributed by atoms with van der Waals surface area (Å²) in [5, 5.41) is 0. The fourth-order valence-corrected chi connectivity index (χ4v) is 2.70. The van der Waals surface area contributed by atoms with Crippen LogP contribution >= 0.6 is 0 Å². The van der Waals surface area contributed by atoms with E-state index in [-0.39, 0.29) is 6.04 Å². The van der Waals surface area contributed by atoms with Gasteiger partial charge in [-0.25, -0.2) is 4.98 Å². The molecule has 3 rings (SSSR count). The molecule has 0 radical (unpaired) electrons. The summed E-state index contributed by atoms with van der Waals surface area (Å²) < 4.78 is 8.04. The molecule has 1 unspecified atom stereocenters. The third kappa shape index (κ3) is 2.24. The van der Waals surface area contributed by atoms with E-state index in [9.17, 15) is 0 Å². The lowest BCUT2D eigenvalue weighted by Gasteiger charge is -2.12. The molecule has 100 valence electrons. The Morgan fingerprint density at radius 3 is 3.21 bits per heavy atom. The number of hydrogen-bond donors (Lipinski definition) is 1. The number of aromatic nitrogens is 2. The lowest BCUT2D eigenvalue weighted by molar-refractivity contribution is 0.287. The van der Waals surface area contributed by atoms with Crippen molar-refractivity contribution in [1.82, 2.24) is 9.55 Å². The number of nitrogens with two attached hydrogens (primary N) is 1. The number of aryl methyl sites for hydroxylation is 1. The standard InChI is InChI=1S/C15H19N3O/c1-2-18-9-8-17-15(18)10-19-14-5-3-4-11-12(14)6-7-13(11)16/h3-5,8-9,13H,2,6-7,10,16H2,1H3. The van der Waals surface area contributed by atoms with Crippen molar-refractivity contribution in [2.24, 2.45) is 5.73 Å². The summed E-state index contributed by atoms with van der Waals surface area (Å²) in [4.78, 5) is 4.32. The molecule has 1 aliphatic carbocycles. The van der Waals surface area contributed by atoms with Gasteiger partial charge in [-0.15, -0.1) is 0 Å². The van der Waals surface area contributed by atoms with Crippen LogP contribution in [0.3, 0.4) is 0 Å². The van der Waals surface area contributed by atoms with Crippen molar-refractivity contribution in [3.8, 4) is 5.75 Å². The highest BCUT2D eigenvalue weighted by Crippen LogP contribution is 2.35. The number of imidazole rings is 1. The summed E-state index contributed by atoms with van der Waals surface area (Å²) in [6.07, 6.45) is 5.81. The summed E-state index contributed by atoms with van der Waals surface area (Å²) >= 11 is 0. The van der Waals surface area contributed by atoms with Crippen LogP contribution < -0.4 is 10.5 Å². The molecule has 0 aliphatic heterocycles. The number of hydrogen-bond acceptors (Lipinski definition) is 3. The van der Waals surface area contributed by atoms with Crippen LogP contribution in [0.2, 0.25) is 0 Å². The lowest BCUT2D eigenvalue weighted by atomic mass is 10.1. The largest absolute Gasteiger partial charge is 0.485 e. The normalized spacial score (nSPS) is 17.5. The Hall–Kier alpha value is -1.81. The first-order valence-electron chi connectivity index (χ1n) is 6.79. The van der Waals surface area contributed by atoms with Crippen LogP contribution in [-0.2, 0) is 19.6 Å². The van der Waals surface area contributed by atoms with Crippen LogP contribution in [0, 0.1) is 0 Å². The Kier molecular flexibility index (Phi) is 3.25. The van der Waals surface area contributed by atoms with E-state index in [4.69, 9.17) is 10.5 Å². The Morgan fingerprint density at radius 2 is 2.37 bits per heavy atom. The quantitative estimate of drug-likeness (QED) is 0.915. The molecule has 0 spiro atoms. The van der Waals surface area contributed by atoms with E-state index in [0.29, 0.717) is 6.61 Å². The van der Waals surface area contributed by atoms with Gasteiger partial charge in [-0.3, -0.25) is 0 Å². The topological polar surface area (TPSA) is 53.1 Å². The lowest BCUT2D eigenvalue weighted by Crippen LogP contribution is -2.07. The first-order valence-corrected chi connectivity index (χ1v) is 6.79. The van der Waals surface area contributed by atoms with E-state index < -0.39 is 0 Å². The third-order valence-corrected chi connectivity index (χ3v) is 3.77. The van der Waals surface area contributed by atoms with Crippen LogP contribution in [0.4, 0.5) is 0 Å². The zero-order valence-corrected chi connectivity index (χ0v) is 11.2. The minimum atomic E-state index is 0.163. The maximum Gasteiger partial charge on any atom is 0.146 e. The molecule has 4 heteroatoms. The molecule has 1 aromatic carbocycles. The first-order chi connectivity index (χ1) is 9.29. The van der Waals surface area contributed by atoms with E-state index in [2.05, 4.69) is 22.5 Å². The molecule has 2 aromatic rings. The second kappa shape index (κ2) is 5.05. The van der Waals surface area contributed by atoms with Crippen molar-refractivity contribution < 1.29 is 4.74 Å². The van der Waals surface area contributed by atoms with Gasteiger partial charge in [0.2, 0.25) is 0 Å². The van der Waals surface area contributed by atoms with Crippen LogP contribution in [0.5, 0.6) is 5.75 Å². The Bertz CT molecular complexity index is 577. The Balaban J connectivity index is 1.78. The average molecular weight is 257 g/mol. The van der Waals surface area contributed by atoms with Gasteiger partial charge in [0.15, 0.2) is 0 Å².